The van der Waals surface area contributed by atoms with Gasteiger partial charge >= 0.3 is 0 Å². The molecule has 0 saturated carbocycles. The Labute approximate surface area is 80.4 Å². The Bertz CT molecular complexity index is 202. The molecule has 0 spiro atoms. The monoisotopic (exact) mass is 205 g/mol. The molecule has 1 heterocycles. The van der Waals surface area contributed by atoms with Crippen LogP contribution in [0.25, 0.3) is 0 Å². The summed E-state index contributed by atoms with van der Waals surface area (Å²) < 4.78 is 11.4. The minimum absolute atomic E-state index is 0.0346. The van der Waals surface area contributed by atoms with E-state index in [1.807, 2.05) is 0 Å². The lowest BCUT2D eigenvalue weighted by molar-refractivity contribution is 0.333. The summed E-state index contributed by atoms with van der Waals surface area (Å²) in [5.74, 6) is 0.451. The molecule has 1 unspecified atom stereocenters. The van der Waals surface area contributed by atoms with Gasteiger partial charge in [0, 0.05) is 6.54 Å². The normalized spacial score (nSPS) is 33.4. The summed E-state index contributed by atoms with van der Waals surface area (Å²) in [6, 6.07) is 0. The zero-order chi connectivity index (χ0) is 9.90. The Morgan fingerprint density at radius 2 is 2.00 bits per heavy atom. The second kappa shape index (κ2) is 4.59. The van der Waals surface area contributed by atoms with Crippen LogP contribution >= 0.6 is 7.52 Å². The molecular formula is C9H20NO2P. The zero-order valence-corrected chi connectivity index (χ0v) is 9.39. The molecular weight excluding hydrogens is 185 g/mol. The highest BCUT2D eigenvalue weighted by Gasteiger charge is 2.44. The first-order valence-electron chi connectivity index (χ1n) is 5.19. The molecule has 1 aliphatic heterocycles. The van der Waals surface area contributed by atoms with Crippen LogP contribution in [-0.2, 0) is 4.57 Å². The van der Waals surface area contributed by atoms with E-state index >= 15 is 0 Å². The first kappa shape index (κ1) is 11.2. The molecule has 0 amide bonds. The highest BCUT2D eigenvalue weighted by molar-refractivity contribution is 7.58. The van der Waals surface area contributed by atoms with Crippen LogP contribution in [0.15, 0.2) is 0 Å². The molecule has 78 valence electrons. The third-order valence-electron chi connectivity index (χ3n) is 2.84. The summed E-state index contributed by atoms with van der Waals surface area (Å²) >= 11 is 0. The van der Waals surface area contributed by atoms with Crippen molar-refractivity contribution in [3.8, 4) is 0 Å². The van der Waals surface area contributed by atoms with Crippen molar-refractivity contribution in [3.05, 3.63) is 0 Å². The van der Waals surface area contributed by atoms with Crippen LogP contribution in [0.5, 0.6) is 0 Å². The number of hydrogen-bond acceptors (Lipinski definition) is 1. The zero-order valence-electron chi connectivity index (χ0n) is 8.49. The molecule has 3 nitrogen and oxygen atoms in total. The van der Waals surface area contributed by atoms with Crippen molar-refractivity contribution in [3.63, 3.8) is 0 Å². The van der Waals surface area contributed by atoms with Crippen molar-refractivity contribution in [1.29, 1.82) is 0 Å². The largest absolute Gasteiger partial charge is 0.333 e. The van der Waals surface area contributed by atoms with Crippen LogP contribution in [0.1, 0.15) is 39.5 Å². The van der Waals surface area contributed by atoms with Crippen LogP contribution in [0.4, 0.5) is 0 Å². The highest BCUT2D eigenvalue weighted by atomic mass is 31.2. The average Bonchev–Trinajstić information content (AvgIpc) is 2.04. The third kappa shape index (κ3) is 2.55. The summed E-state index contributed by atoms with van der Waals surface area (Å²) in [7, 11) is -2.94. The molecule has 1 saturated heterocycles. The van der Waals surface area contributed by atoms with Gasteiger partial charge in [0.15, 0.2) is 0 Å². The van der Waals surface area contributed by atoms with Gasteiger partial charge in [-0.15, -0.1) is 0 Å². The summed E-state index contributed by atoms with van der Waals surface area (Å²) in [4.78, 5) is 9.44. The van der Waals surface area contributed by atoms with E-state index < -0.39 is 7.52 Å². The van der Waals surface area contributed by atoms with Crippen molar-refractivity contribution in [2.75, 3.05) is 6.54 Å². The fourth-order valence-electron chi connectivity index (χ4n) is 2.08. The Morgan fingerprint density at radius 1 is 1.46 bits per heavy atom. The number of rotatable bonds is 5. The first-order valence-corrected chi connectivity index (χ1v) is 6.92. The van der Waals surface area contributed by atoms with Gasteiger partial charge in [0.25, 0.3) is 7.52 Å². The molecule has 2 N–H and O–H groups in total. The van der Waals surface area contributed by atoms with E-state index in [1.165, 1.54) is 0 Å². The highest BCUT2D eigenvalue weighted by Crippen LogP contribution is 2.53. The van der Waals surface area contributed by atoms with E-state index in [-0.39, 0.29) is 5.66 Å². The quantitative estimate of drug-likeness (QED) is 0.677. The SMILES string of the molecule is CCCC(CCC)[C@H]1CNP1(=O)O. The van der Waals surface area contributed by atoms with E-state index in [1.54, 1.807) is 0 Å². The van der Waals surface area contributed by atoms with Crippen LogP contribution in [0.2, 0.25) is 0 Å². The second-order valence-electron chi connectivity index (χ2n) is 3.89. The van der Waals surface area contributed by atoms with Gasteiger partial charge in [0.2, 0.25) is 0 Å². The lowest BCUT2D eigenvalue weighted by Crippen LogP contribution is -2.44. The molecule has 1 rings (SSSR count). The molecule has 13 heavy (non-hydrogen) atoms. The molecule has 0 aliphatic carbocycles. The minimum Gasteiger partial charge on any atom is -0.333 e. The molecule has 0 radical (unpaired) electrons. The van der Waals surface area contributed by atoms with Gasteiger partial charge in [-0.05, 0) is 18.8 Å². The molecule has 1 fully saturated rings. The molecule has 0 aromatic heterocycles. The van der Waals surface area contributed by atoms with Gasteiger partial charge in [-0.2, -0.15) is 0 Å². The fourth-order valence-corrected chi connectivity index (χ4v) is 3.65. The predicted octanol–water partition coefficient (Wildman–Crippen LogP) is 2.36. The van der Waals surface area contributed by atoms with Crippen molar-refractivity contribution in [2.45, 2.75) is 45.2 Å². The summed E-state index contributed by atoms with van der Waals surface area (Å²) in [5, 5.41) is 2.64. The van der Waals surface area contributed by atoms with Gasteiger partial charge in [-0.25, -0.2) is 5.09 Å². The van der Waals surface area contributed by atoms with Gasteiger partial charge in [0.05, 0.1) is 5.66 Å². The molecule has 0 aromatic rings. The van der Waals surface area contributed by atoms with E-state index in [9.17, 15) is 9.46 Å². The van der Waals surface area contributed by atoms with Gasteiger partial charge in [0.1, 0.15) is 0 Å². The van der Waals surface area contributed by atoms with Gasteiger partial charge in [-0.3, -0.25) is 4.57 Å². The standard InChI is InChI=1S/C9H20NO2P/c1-3-5-8(6-4-2)9-7-10-13(9,11)12/h8-9H,3-7H2,1-2H3,(H2,10,11,12)/t9-/m1/s1. The maximum Gasteiger partial charge on any atom is 0.271 e. The van der Waals surface area contributed by atoms with E-state index in [0.717, 1.165) is 32.2 Å². The van der Waals surface area contributed by atoms with E-state index in [4.69, 9.17) is 0 Å². The van der Waals surface area contributed by atoms with Crippen molar-refractivity contribution >= 4 is 7.52 Å². The molecule has 1 aliphatic rings. The van der Waals surface area contributed by atoms with Crippen molar-refractivity contribution in [1.82, 2.24) is 5.09 Å². The Balaban J connectivity index is 2.49. The predicted molar refractivity (Wildman–Crippen MR) is 54.9 cm³/mol. The minimum atomic E-state index is -2.94. The smallest absolute Gasteiger partial charge is 0.271 e. The Morgan fingerprint density at radius 3 is 2.23 bits per heavy atom. The third-order valence-corrected chi connectivity index (χ3v) is 4.98. The molecule has 4 heteroatoms. The average molecular weight is 205 g/mol. The van der Waals surface area contributed by atoms with E-state index in [2.05, 4.69) is 18.9 Å². The van der Waals surface area contributed by atoms with Crippen molar-refractivity contribution < 1.29 is 9.46 Å². The lowest BCUT2D eigenvalue weighted by Gasteiger charge is -2.38. The molecule has 0 bridgehead atoms. The summed E-state index contributed by atoms with van der Waals surface area (Å²) in [5.41, 5.74) is 0.0346. The second-order valence-corrected chi connectivity index (χ2v) is 6.12. The maximum atomic E-state index is 11.4. The Kier molecular flexibility index (Phi) is 3.96. The fraction of sp³-hybridized carbons (Fsp3) is 1.00. The summed E-state index contributed by atoms with van der Waals surface area (Å²) in [6.45, 7) is 5.01. The Hall–Kier alpha value is 0.150. The van der Waals surface area contributed by atoms with Crippen LogP contribution in [0, 0.1) is 5.92 Å². The molecule has 2 atom stereocenters. The van der Waals surface area contributed by atoms with Crippen molar-refractivity contribution in [2.24, 2.45) is 5.92 Å². The maximum absolute atomic E-state index is 11.4. The summed E-state index contributed by atoms with van der Waals surface area (Å²) in [6.07, 6.45) is 4.40. The first-order chi connectivity index (χ1) is 6.11. The van der Waals surface area contributed by atoms with Crippen LogP contribution < -0.4 is 5.09 Å². The van der Waals surface area contributed by atoms with Gasteiger partial charge < -0.3 is 4.89 Å². The van der Waals surface area contributed by atoms with E-state index in [0.29, 0.717) is 5.92 Å². The number of hydrogen-bond donors (Lipinski definition) is 2. The van der Waals surface area contributed by atoms with Crippen LogP contribution in [0.3, 0.4) is 0 Å². The van der Waals surface area contributed by atoms with Gasteiger partial charge in [-0.1, -0.05) is 26.7 Å². The topological polar surface area (TPSA) is 49.3 Å². The molecule has 0 aromatic carbocycles. The lowest BCUT2D eigenvalue weighted by atomic mass is 9.94. The number of nitrogens with one attached hydrogen (secondary N) is 1. The van der Waals surface area contributed by atoms with Crippen LogP contribution in [-0.4, -0.2) is 17.1 Å².